The van der Waals surface area contributed by atoms with Crippen LogP contribution in [0.15, 0.2) is 48.5 Å². The van der Waals surface area contributed by atoms with Crippen molar-refractivity contribution < 1.29 is 14.3 Å². The summed E-state index contributed by atoms with van der Waals surface area (Å²) in [6, 6.07) is 14.7. The lowest BCUT2D eigenvalue weighted by Crippen LogP contribution is -2.33. The number of amides is 2. The summed E-state index contributed by atoms with van der Waals surface area (Å²) in [7, 11) is 1.56. The lowest BCUT2D eigenvalue weighted by Gasteiger charge is -2.21. The maximum absolute atomic E-state index is 12.5. The number of anilines is 2. The summed E-state index contributed by atoms with van der Waals surface area (Å²) < 4.78 is 5.12. The maximum atomic E-state index is 12.5. The molecule has 0 aliphatic carbocycles. The minimum atomic E-state index is -0.348. The molecular formula is C19H22N2O3. The highest BCUT2D eigenvalue weighted by molar-refractivity contribution is 6.09. The van der Waals surface area contributed by atoms with E-state index < -0.39 is 0 Å². The van der Waals surface area contributed by atoms with Crippen molar-refractivity contribution in [2.24, 2.45) is 0 Å². The average Bonchev–Trinajstić information content (AvgIpc) is 2.55. The zero-order valence-electron chi connectivity index (χ0n) is 14.2. The first-order chi connectivity index (χ1) is 11.5. The van der Waals surface area contributed by atoms with E-state index in [9.17, 15) is 9.59 Å². The second kappa shape index (κ2) is 8.15. The highest BCUT2D eigenvalue weighted by atomic mass is 16.5. The lowest BCUT2D eigenvalue weighted by atomic mass is 10.2. The SMILES string of the molecule is CCN(C(=O)CC(=O)Nc1cccc(OC)c1)c1cccc(C)c1. The van der Waals surface area contributed by atoms with Crippen LogP contribution in [0.5, 0.6) is 5.75 Å². The third kappa shape index (κ3) is 4.59. The molecule has 0 heterocycles. The molecule has 2 aromatic carbocycles. The number of benzene rings is 2. The summed E-state index contributed by atoms with van der Waals surface area (Å²) in [5.74, 6) is 0.0666. The third-order valence-electron chi connectivity index (χ3n) is 3.60. The van der Waals surface area contributed by atoms with Crippen molar-refractivity contribution in [3.63, 3.8) is 0 Å². The fourth-order valence-electron chi connectivity index (χ4n) is 2.44. The van der Waals surface area contributed by atoms with Crippen molar-refractivity contribution in [2.45, 2.75) is 20.3 Å². The van der Waals surface area contributed by atoms with Gasteiger partial charge in [0.15, 0.2) is 0 Å². The minimum Gasteiger partial charge on any atom is -0.497 e. The molecule has 0 bridgehead atoms. The van der Waals surface area contributed by atoms with Gasteiger partial charge in [-0.05, 0) is 43.7 Å². The molecule has 2 amide bonds. The second-order valence-corrected chi connectivity index (χ2v) is 5.43. The summed E-state index contributed by atoms with van der Waals surface area (Å²) in [5, 5.41) is 2.72. The predicted molar refractivity (Wildman–Crippen MR) is 95.4 cm³/mol. The Morgan fingerprint density at radius 1 is 1.12 bits per heavy atom. The molecule has 5 nitrogen and oxygen atoms in total. The van der Waals surface area contributed by atoms with Crippen LogP contribution in [0.3, 0.4) is 0 Å². The van der Waals surface area contributed by atoms with E-state index in [0.29, 0.717) is 18.0 Å². The first-order valence-electron chi connectivity index (χ1n) is 7.84. The molecule has 0 saturated carbocycles. The molecule has 5 heteroatoms. The monoisotopic (exact) mass is 326 g/mol. The normalized spacial score (nSPS) is 10.1. The molecular weight excluding hydrogens is 304 g/mol. The van der Waals surface area contributed by atoms with Crippen molar-refractivity contribution in [3.05, 3.63) is 54.1 Å². The molecule has 0 aromatic heterocycles. The van der Waals surface area contributed by atoms with Crippen molar-refractivity contribution in [1.82, 2.24) is 0 Å². The number of methoxy groups -OCH3 is 1. The number of nitrogens with zero attached hydrogens (tertiary/aromatic N) is 1. The third-order valence-corrected chi connectivity index (χ3v) is 3.60. The van der Waals surface area contributed by atoms with Crippen LogP contribution in [0.2, 0.25) is 0 Å². The van der Waals surface area contributed by atoms with Crippen LogP contribution < -0.4 is 15.0 Å². The number of nitrogens with one attached hydrogen (secondary N) is 1. The Labute approximate surface area is 142 Å². The summed E-state index contributed by atoms with van der Waals surface area (Å²) >= 11 is 0. The van der Waals surface area contributed by atoms with E-state index in [4.69, 9.17) is 4.74 Å². The van der Waals surface area contributed by atoms with Gasteiger partial charge in [-0.1, -0.05) is 18.2 Å². The molecule has 0 unspecified atom stereocenters. The highest BCUT2D eigenvalue weighted by Gasteiger charge is 2.18. The summed E-state index contributed by atoms with van der Waals surface area (Å²) in [6.45, 7) is 4.37. The molecule has 2 aromatic rings. The smallest absolute Gasteiger partial charge is 0.236 e. The topological polar surface area (TPSA) is 58.6 Å². The zero-order chi connectivity index (χ0) is 17.5. The van der Waals surface area contributed by atoms with Crippen LogP contribution in [0.4, 0.5) is 11.4 Å². The molecule has 0 aliphatic heterocycles. The van der Waals surface area contributed by atoms with Gasteiger partial charge in [0.1, 0.15) is 12.2 Å². The predicted octanol–water partition coefficient (Wildman–Crippen LogP) is 3.39. The van der Waals surface area contributed by atoms with Crippen LogP contribution >= 0.6 is 0 Å². The molecule has 0 saturated heterocycles. The van der Waals surface area contributed by atoms with Crippen LogP contribution in [0, 0.1) is 6.92 Å². The van der Waals surface area contributed by atoms with Crippen molar-refractivity contribution >= 4 is 23.2 Å². The summed E-state index contributed by atoms with van der Waals surface area (Å²) in [6.07, 6.45) is -0.209. The van der Waals surface area contributed by atoms with E-state index in [1.54, 1.807) is 36.3 Å². The number of hydrogen-bond donors (Lipinski definition) is 1. The van der Waals surface area contributed by atoms with Gasteiger partial charge in [0.25, 0.3) is 0 Å². The summed E-state index contributed by atoms with van der Waals surface area (Å²) in [5.41, 5.74) is 2.47. The molecule has 0 aliphatic rings. The van der Waals surface area contributed by atoms with E-state index in [1.807, 2.05) is 38.1 Å². The number of carbonyl (C=O) groups excluding carboxylic acids is 2. The Morgan fingerprint density at radius 2 is 1.88 bits per heavy atom. The number of aryl methyl sites for hydroxylation is 1. The minimum absolute atomic E-state index is 0.209. The largest absolute Gasteiger partial charge is 0.497 e. The standard InChI is InChI=1S/C19H22N2O3/c1-4-21(16-9-5-7-14(2)11-16)19(23)13-18(22)20-15-8-6-10-17(12-15)24-3/h5-12H,4,13H2,1-3H3,(H,20,22). The summed E-state index contributed by atoms with van der Waals surface area (Å²) in [4.78, 5) is 26.2. The molecule has 1 N–H and O–H groups in total. The van der Waals surface area contributed by atoms with Crippen molar-refractivity contribution in [3.8, 4) is 5.75 Å². The Balaban J connectivity index is 2.02. The Morgan fingerprint density at radius 3 is 2.54 bits per heavy atom. The molecule has 0 radical (unpaired) electrons. The fraction of sp³-hybridized carbons (Fsp3) is 0.263. The van der Waals surface area contributed by atoms with Crippen LogP contribution in [0.1, 0.15) is 18.9 Å². The Hall–Kier alpha value is -2.82. The van der Waals surface area contributed by atoms with Gasteiger partial charge in [0, 0.05) is 24.0 Å². The van der Waals surface area contributed by atoms with Gasteiger partial charge < -0.3 is 15.0 Å². The van der Waals surface area contributed by atoms with Gasteiger partial charge in [-0.3, -0.25) is 9.59 Å². The zero-order valence-corrected chi connectivity index (χ0v) is 14.2. The van der Waals surface area contributed by atoms with Crippen LogP contribution in [0.25, 0.3) is 0 Å². The van der Waals surface area contributed by atoms with Gasteiger partial charge in [0.2, 0.25) is 11.8 Å². The van der Waals surface area contributed by atoms with Crippen molar-refractivity contribution in [2.75, 3.05) is 23.9 Å². The number of hydrogen-bond acceptors (Lipinski definition) is 3. The Kier molecular flexibility index (Phi) is 5.95. The van der Waals surface area contributed by atoms with Crippen LogP contribution in [-0.4, -0.2) is 25.5 Å². The Bertz CT molecular complexity index is 728. The van der Waals surface area contributed by atoms with E-state index in [0.717, 1.165) is 11.3 Å². The van der Waals surface area contributed by atoms with Gasteiger partial charge in [-0.15, -0.1) is 0 Å². The number of ether oxygens (including phenoxy) is 1. The molecule has 24 heavy (non-hydrogen) atoms. The molecule has 126 valence electrons. The van der Waals surface area contributed by atoms with E-state index >= 15 is 0 Å². The highest BCUT2D eigenvalue weighted by Crippen LogP contribution is 2.19. The average molecular weight is 326 g/mol. The van der Waals surface area contributed by atoms with Gasteiger partial charge in [-0.2, -0.15) is 0 Å². The molecule has 2 rings (SSSR count). The lowest BCUT2D eigenvalue weighted by molar-refractivity contribution is -0.125. The van der Waals surface area contributed by atoms with Gasteiger partial charge in [-0.25, -0.2) is 0 Å². The number of rotatable bonds is 6. The second-order valence-electron chi connectivity index (χ2n) is 5.43. The quantitative estimate of drug-likeness (QED) is 0.828. The van der Waals surface area contributed by atoms with Gasteiger partial charge >= 0.3 is 0 Å². The first-order valence-corrected chi connectivity index (χ1v) is 7.84. The van der Waals surface area contributed by atoms with E-state index in [1.165, 1.54) is 0 Å². The van der Waals surface area contributed by atoms with Crippen LogP contribution in [-0.2, 0) is 9.59 Å². The molecule has 0 spiro atoms. The maximum Gasteiger partial charge on any atom is 0.236 e. The molecule has 0 fully saturated rings. The van der Waals surface area contributed by atoms with E-state index in [2.05, 4.69) is 5.32 Å². The van der Waals surface area contributed by atoms with Gasteiger partial charge in [0.05, 0.1) is 7.11 Å². The van der Waals surface area contributed by atoms with E-state index in [-0.39, 0.29) is 18.2 Å². The first kappa shape index (κ1) is 17.5. The fourth-order valence-corrected chi connectivity index (χ4v) is 2.44. The van der Waals surface area contributed by atoms with Crippen molar-refractivity contribution in [1.29, 1.82) is 0 Å². The molecule has 0 atom stereocenters. The number of carbonyl (C=O) groups is 2.